The molecule has 1 aromatic carbocycles. The van der Waals surface area contributed by atoms with Crippen LogP contribution >= 0.6 is 11.6 Å². The second-order valence-electron chi connectivity index (χ2n) is 4.38. The summed E-state index contributed by atoms with van der Waals surface area (Å²) in [6.07, 6.45) is -1.54. The largest absolute Gasteiger partial charge is 0.389 e. The maximum atomic E-state index is 11.7. The molecule has 1 aromatic rings. The van der Waals surface area contributed by atoms with Crippen molar-refractivity contribution in [2.45, 2.75) is 12.2 Å². The zero-order chi connectivity index (χ0) is 13.1. The molecule has 6 heteroatoms. The predicted molar refractivity (Wildman–Crippen MR) is 68.5 cm³/mol. The monoisotopic (exact) mass is 270 g/mol. The van der Waals surface area contributed by atoms with E-state index < -0.39 is 12.2 Å². The summed E-state index contributed by atoms with van der Waals surface area (Å²) < 4.78 is 0. The van der Waals surface area contributed by atoms with Crippen LogP contribution in [0.5, 0.6) is 0 Å². The summed E-state index contributed by atoms with van der Waals surface area (Å²) in [4.78, 5) is 13.4. The molecule has 1 heterocycles. The van der Waals surface area contributed by atoms with E-state index in [1.165, 1.54) is 0 Å². The van der Waals surface area contributed by atoms with Gasteiger partial charge >= 0.3 is 0 Å². The van der Waals surface area contributed by atoms with Gasteiger partial charge in [-0.3, -0.25) is 9.69 Å². The summed E-state index contributed by atoms with van der Waals surface area (Å²) in [5.41, 5.74) is 0.671. The number of hydrogen-bond acceptors (Lipinski definition) is 4. The summed E-state index contributed by atoms with van der Waals surface area (Å²) in [5.74, 6) is -0.182. The summed E-state index contributed by atoms with van der Waals surface area (Å²) in [6, 6.07) is 6.82. The van der Waals surface area contributed by atoms with Crippen LogP contribution in [-0.4, -0.2) is 52.9 Å². The smallest absolute Gasteiger partial charge is 0.238 e. The predicted octanol–water partition coefficient (Wildman–Crippen LogP) is 0.316. The summed E-state index contributed by atoms with van der Waals surface area (Å²) in [6.45, 7) is 0.779. The number of anilines is 1. The molecule has 1 aliphatic rings. The van der Waals surface area contributed by atoms with Gasteiger partial charge in [-0.15, -0.1) is 0 Å². The normalized spacial score (nSPS) is 24.2. The molecule has 1 aliphatic heterocycles. The van der Waals surface area contributed by atoms with Gasteiger partial charge in [0.25, 0.3) is 0 Å². The van der Waals surface area contributed by atoms with E-state index in [9.17, 15) is 15.0 Å². The van der Waals surface area contributed by atoms with Gasteiger partial charge in [0.15, 0.2) is 0 Å². The van der Waals surface area contributed by atoms with Gasteiger partial charge < -0.3 is 15.5 Å². The molecule has 2 atom stereocenters. The first-order valence-corrected chi connectivity index (χ1v) is 6.06. The number of nitrogens with one attached hydrogen (secondary N) is 1. The third-order valence-corrected chi connectivity index (χ3v) is 3.08. The van der Waals surface area contributed by atoms with Crippen molar-refractivity contribution in [1.29, 1.82) is 0 Å². The van der Waals surface area contributed by atoms with E-state index in [-0.39, 0.29) is 12.5 Å². The van der Waals surface area contributed by atoms with Crippen molar-refractivity contribution in [2.75, 3.05) is 25.0 Å². The van der Waals surface area contributed by atoms with Gasteiger partial charge in [-0.1, -0.05) is 11.6 Å². The van der Waals surface area contributed by atoms with Gasteiger partial charge in [0, 0.05) is 23.8 Å². The fourth-order valence-electron chi connectivity index (χ4n) is 1.91. The van der Waals surface area contributed by atoms with E-state index in [0.29, 0.717) is 23.8 Å². The van der Waals surface area contributed by atoms with E-state index in [1.54, 1.807) is 29.2 Å². The summed E-state index contributed by atoms with van der Waals surface area (Å²) in [5, 5.41) is 22.1. The number of carbonyl (C=O) groups is 1. The Labute approximate surface area is 110 Å². The van der Waals surface area contributed by atoms with Gasteiger partial charge in [0.05, 0.1) is 18.8 Å². The quantitative estimate of drug-likeness (QED) is 0.739. The number of carbonyl (C=O) groups excluding carboxylic acids is 1. The highest BCUT2D eigenvalue weighted by atomic mass is 35.5. The van der Waals surface area contributed by atoms with Crippen LogP contribution in [0.4, 0.5) is 5.69 Å². The topological polar surface area (TPSA) is 72.8 Å². The van der Waals surface area contributed by atoms with Gasteiger partial charge in [0.2, 0.25) is 5.91 Å². The Kier molecular flexibility index (Phi) is 4.19. The third-order valence-electron chi connectivity index (χ3n) is 2.83. The SMILES string of the molecule is O=C(CN1CC(O)C(O)C1)Nc1ccc(Cl)cc1. The van der Waals surface area contributed by atoms with Crippen molar-refractivity contribution in [3.05, 3.63) is 29.3 Å². The minimum Gasteiger partial charge on any atom is -0.389 e. The zero-order valence-electron chi connectivity index (χ0n) is 9.71. The number of rotatable bonds is 3. The Morgan fingerprint density at radius 2 is 1.83 bits per heavy atom. The number of β-amino-alcohol motifs (C(OH)–C–C–N with tert-alkyl or cyclic N) is 2. The number of aliphatic hydroxyl groups excluding tert-OH is 2. The van der Waals surface area contributed by atoms with Crippen molar-refractivity contribution >= 4 is 23.2 Å². The molecule has 0 saturated carbocycles. The van der Waals surface area contributed by atoms with Crippen LogP contribution in [-0.2, 0) is 4.79 Å². The average Bonchev–Trinajstić information content (AvgIpc) is 2.61. The van der Waals surface area contributed by atoms with Crippen LogP contribution in [0.3, 0.4) is 0 Å². The molecular formula is C12H15ClN2O3. The molecular weight excluding hydrogens is 256 g/mol. The van der Waals surface area contributed by atoms with Crippen molar-refractivity contribution in [2.24, 2.45) is 0 Å². The number of nitrogens with zero attached hydrogens (tertiary/aromatic N) is 1. The average molecular weight is 271 g/mol. The minimum atomic E-state index is -0.770. The Morgan fingerprint density at radius 3 is 2.39 bits per heavy atom. The highest BCUT2D eigenvalue weighted by Gasteiger charge is 2.30. The van der Waals surface area contributed by atoms with E-state index in [2.05, 4.69) is 5.32 Å². The molecule has 3 N–H and O–H groups in total. The molecule has 98 valence electrons. The van der Waals surface area contributed by atoms with E-state index in [0.717, 1.165) is 0 Å². The Morgan fingerprint density at radius 1 is 1.28 bits per heavy atom. The molecule has 1 saturated heterocycles. The van der Waals surface area contributed by atoms with E-state index in [4.69, 9.17) is 11.6 Å². The first-order valence-electron chi connectivity index (χ1n) is 5.68. The lowest BCUT2D eigenvalue weighted by molar-refractivity contribution is -0.117. The van der Waals surface area contributed by atoms with Crippen LogP contribution in [0, 0.1) is 0 Å². The number of halogens is 1. The number of amides is 1. The standard InChI is InChI=1S/C12H15ClN2O3/c13-8-1-3-9(4-2-8)14-12(18)7-15-5-10(16)11(17)6-15/h1-4,10-11,16-17H,5-7H2,(H,14,18). The third kappa shape index (κ3) is 3.43. The lowest BCUT2D eigenvalue weighted by Crippen LogP contribution is -2.32. The van der Waals surface area contributed by atoms with Crippen LogP contribution in [0.25, 0.3) is 0 Å². The molecule has 1 fully saturated rings. The lowest BCUT2D eigenvalue weighted by Gasteiger charge is -2.14. The number of likely N-dealkylation sites (tertiary alicyclic amines) is 1. The zero-order valence-corrected chi connectivity index (χ0v) is 10.5. The molecule has 5 nitrogen and oxygen atoms in total. The van der Waals surface area contributed by atoms with Crippen LogP contribution < -0.4 is 5.32 Å². The Bertz CT molecular complexity index is 414. The number of benzene rings is 1. The molecule has 0 aliphatic carbocycles. The fourth-order valence-corrected chi connectivity index (χ4v) is 2.04. The molecule has 0 aromatic heterocycles. The van der Waals surface area contributed by atoms with Crippen molar-refractivity contribution < 1.29 is 15.0 Å². The lowest BCUT2D eigenvalue weighted by atomic mass is 10.3. The van der Waals surface area contributed by atoms with Crippen LogP contribution in [0.15, 0.2) is 24.3 Å². The van der Waals surface area contributed by atoms with Crippen molar-refractivity contribution in [1.82, 2.24) is 4.90 Å². The highest BCUT2D eigenvalue weighted by Crippen LogP contribution is 2.14. The first-order chi connectivity index (χ1) is 8.54. The minimum absolute atomic E-state index is 0.150. The molecule has 2 unspecified atom stereocenters. The van der Waals surface area contributed by atoms with Gasteiger partial charge in [-0.25, -0.2) is 0 Å². The Balaban J connectivity index is 1.84. The second-order valence-corrected chi connectivity index (χ2v) is 4.82. The van der Waals surface area contributed by atoms with Crippen molar-refractivity contribution in [3.8, 4) is 0 Å². The van der Waals surface area contributed by atoms with Crippen molar-refractivity contribution in [3.63, 3.8) is 0 Å². The fraction of sp³-hybridized carbons (Fsp3) is 0.417. The number of hydrogen-bond donors (Lipinski definition) is 3. The summed E-state index contributed by atoms with van der Waals surface area (Å²) in [7, 11) is 0. The first kappa shape index (κ1) is 13.3. The molecule has 0 bridgehead atoms. The van der Waals surface area contributed by atoms with Crippen LogP contribution in [0.2, 0.25) is 5.02 Å². The molecule has 1 amide bonds. The molecule has 0 spiro atoms. The van der Waals surface area contributed by atoms with E-state index >= 15 is 0 Å². The second kappa shape index (κ2) is 5.67. The molecule has 18 heavy (non-hydrogen) atoms. The molecule has 2 rings (SSSR count). The summed E-state index contributed by atoms with van der Waals surface area (Å²) >= 11 is 5.74. The van der Waals surface area contributed by atoms with Crippen LogP contribution in [0.1, 0.15) is 0 Å². The van der Waals surface area contributed by atoms with Gasteiger partial charge in [-0.05, 0) is 24.3 Å². The van der Waals surface area contributed by atoms with Gasteiger partial charge in [-0.2, -0.15) is 0 Å². The highest BCUT2D eigenvalue weighted by molar-refractivity contribution is 6.30. The maximum absolute atomic E-state index is 11.7. The Hall–Kier alpha value is -1.14. The molecule has 0 radical (unpaired) electrons. The number of aliphatic hydroxyl groups is 2. The maximum Gasteiger partial charge on any atom is 0.238 e. The van der Waals surface area contributed by atoms with E-state index in [1.807, 2.05) is 0 Å². The van der Waals surface area contributed by atoms with Gasteiger partial charge in [0.1, 0.15) is 0 Å².